The van der Waals surface area contributed by atoms with Crippen molar-refractivity contribution in [2.24, 2.45) is 0 Å². The molecule has 0 radical (unpaired) electrons. The summed E-state index contributed by atoms with van der Waals surface area (Å²) < 4.78 is 11.4. The van der Waals surface area contributed by atoms with E-state index in [1.165, 1.54) is 38.5 Å². The van der Waals surface area contributed by atoms with E-state index in [4.69, 9.17) is 9.47 Å². The van der Waals surface area contributed by atoms with Gasteiger partial charge in [-0.3, -0.25) is 0 Å². The molecule has 1 fully saturated rings. The van der Waals surface area contributed by atoms with Crippen LogP contribution < -0.4 is 5.32 Å². The van der Waals surface area contributed by atoms with Gasteiger partial charge in [-0.1, -0.05) is 39.5 Å². The van der Waals surface area contributed by atoms with Gasteiger partial charge in [0.2, 0.25) is 0 Å². The zero-order valence-corrected chi connectivity index (χ0v) is 12.5. The van der Waals surface area contributed by atoms with E-state index >= 15 is 0 Å². The molecule has 1 saturated carbocycles. The van der Waals surface area contributed by atoms with Gasteiger partial charge in [-0.05, 0) is 19.3 Å². The van der Waals surface area contributed by atoms with E-state index in [2.05, 4.69) is 19.2 Å². The second-order valence-corrected chi connectivity index (χ2v) is 5.83. The fourth-order valence-corrected chi connectivity index (χ4v) is 2.63. The van der Waals surface area contributed by atoms with Crippen LogP contribution in [0.1, 0.15) is 58.8 Å². The number of hydrogen-bond donors (Lipinski definition) is 1. The molecule has 0 unspecified atom stereocenters. The highest BCUT2D eigenvalue weighted by molar-refractivity contribution is 4.86. The van der Waals surface area contributed by atoms with Gasteiger partial charge in [-0.25, -0.2) is 0 Å². The molecule has 1 aliphatic rings. The molecular weight excluding hydrogens is 226 g/mol. The van der Waals surface area contributed by atoms with Crippen molar-refractivity contribution in [1.82, 2.24) is 5.32 Å². The molecule has 3 nitrogen and oxygen atoms in total. The second kappa shape index (κ2) is 8.89. The Labute approximate surface area is 113 Å². The standard InChI is InChI=1S/C15H31NO2/c1-14(2)16-13-15(18-12-8-11-17-3)9-6-4-5-7-10-15/h14,16H,4-13H2,1-3H3. The third-order valence-corrected chi connectivity index (χ3v) is 3.75. The molecule has 0 aliphatic heterocycles. The SMILES string of the molecule is COCCCOC1(CNC(C)C)CCCCCC1. The summed E-state index contributed by atoms with van der Waals surface area (Å²) in [4.78, 5) is 0. The Morgan fingerprint density at radius 2 is 1.72 bits per heavy atom. The first-order valence-electron chi connectivity index (χ1n) is 7.55. The summed E-state index contributed by atoms with van der Waals surface area (Å²) in [6.45, 7) is 7.03. The van der Waals surface area contributed by atoms with Crippen molar-refractivity contribution >= 4 is 0 Å². The van der Waals surface area contributed by atoms with E-state index in [1.54, 1.807) is 7.11 Å². The Morgan fingerprint density at radius 3 is 2.28 bits per heavy atom. The molecule has 0 aromatic rings. The molecule has 0 atom stereocenters. The first kappa shape index (κ1) is 15.9. The molecule has 1 N–H and O–H groups in total. The predicted molar refractivity (Wildman–Crippen MR) is 76.0 cm³/mol. The minimum Gasteiger partial charge on any atom is -0.385 e. The van der Waals surface area contributed by atoms with Crippen molar-refractivity contribution < 1.29 is 9.47 Å². The maximum atomic E-state index is 6.26. The van der Waals surface area contributed by atoms with Crippen LogP contribution in [0, 0.1) is 0 Å². The Hall–Kier alpha value is -0.120. The maximum absolute atomic E-state index is 6.26. The van der Waals surface area contributed by atoms with Gasteiger partial charge in [0.25, 0.3) is 0 Å². The number of methoxy groups -OCH3 is 1. The third-order valence-electron chi connectivity index (χ3n) is 3.75. The van der Waals surface area contributed by atoms with E-state index in [0.717, 1.165) is 26.2 Å². The van der Waals surface area contributed by atoms with Crippen molar-refractivity contribution in [1.29, 1.82) is 0 Å². The topological polar surface area (TPSA) is 30.5 Å². The van der Waals surface area contributed by atoms with Crippen molar-refractivity contribution in [3.05, 3.63) is 0 Å². The molecule has 18 heavy (non-hydrogen) atoms. The highest BCUT2D eigenvalue weighted by Crippen LogP contribution is 2.30. The fraction of sp³-hybridized carbons (Fsp3) is 1.00. The Balaban J connectivity index is 2.43. The van der Waals surface area contributed by atoms with Crippen LogP contribution in [0.2, 0.25) is 0 Å². The smallest absolute Gasteiger partial charge is 0.0806 e. The minimum atomic E-state index is 0.0779. The van der Waals surface area contributed by atoms with Crippen LogP contribution in [-0.2, 0) is 9.47 Å². The normalized spacial score (nSPS) is 20.0. The van der Waals surface area contributed by atoms with E-state index in [0.29, 0.717) is 6.04 Å². The lowest BCUT2D eigenvalue weighted by Gasteiger charge is -2.34. The van der Waals surface area contributed by atoms with Crippen LogP contribution in [0.3, 0.4) is 0 Å². The Kier molecular flexibility index (Phi) is 7.87. The maximum Gasteiger partial charge on any atom is 0.0806 e. The van der Waals surface area contributed by atoms with Crippen LogP contribution in [0.15, 0.2) is 0 Å². The highest BCUT2D eigenvalue weighted by atomic mass is 16.5. The molecule has 0 aromatic heterocycles. The lowest BCUT2D eigenvalue weighted by molar-refractivity contribution is -0.0608. The van der Waals surface area contributed by atoms with E-state index in [9.17, 15) is 0 Å². The number of nitrogens with one attached hydrogen (secondary N) is 1. The highest BCUT2D eigenvalue weighted by Gasteiger charge is 2.31. The van der Waals surface area contributed by atoms with E-state index in [1.807, 2.05) is 0 Å². The molecule has 1 rings (SSSR count). The van der Waals surface area contributed by atoms with Crippen molar-refractivity contribution in [2.75, 3.05) is 26.9 Å². The van der Waals surface area contributed by atoms with Gasteiger partial charge in [-0.15, -0.1) is 0 Å². The Bertz CT molecular complexity index is 199. The van der Waals surface area contributed by atoms with Gasteiger partial charge in [0.05, 0.1) is 5.60 Å². The first-order valence-corrected chi connectivity index (χ1v) is 7.55. The van der Waals surface area contributed by atoms with Gasteiger partial charge < -0.3 is 14.8 Å². The largest absolute Gasteiger partial charge is 0.385 e. The lowest BCUT2D eigenvalue weighted by Crippen LogP contribution is -2.45. The van der Waals surface area contributed by atoms with Crippen molar-refractivity contribution in [3.63, 3.8) is 0 Å². The fourth-order valence-electron chi connectivity index (χ4n) is 2.63. The first-order chi connectivity index (χ1) is 8.68. The second-order valence-electron chi connectivity index (χ2n) is 5.83. The molecule has 0 spiro atoms. The molecule has 0 bridgehead atoms. The van der Waals surface area contributed by atoms with Gasteiger partial charge in [0, 0.05) is 32.9 Å². The van der Waals surface area contributed by atoms with Crippen molar-refractivity contribution in [2.45, 2.75) is 70.4 Å². The van der Waals surface area contributed by atoms with Crippen LogP contribution in [0.4, 0.5) is 0 Å². The average molecular weight is 257 g/mol. The summed E-state index contributed by atoms with van der Waals surface area (Å²) in [5, 5.41) is 3.57. The summed E-state index contributed by atoms with van der Waals surface area (Å²) >= 11 is 0. The van der Waals surface area contributed by atoms with Gasteiger partial charge >= 0.3 is 0 Å². The summed E-state index contributed by atoms with van der Waals surface area (Å²) in [6, 6.07) is 0.535. The molecule has 0 amide bonds. The molecule has 0 heterocycles. The average Bonchev–Trinajstić information content (AvgIpc) is 2.59. The number of rotatable bonds is 8. The number of ether oxygens (including phenoxy) is 2. The molecule has 108 valence electrons. The summed E-state index contributed by atoms with van der Waals surface area (Å²) in [6.07, 6.45) is 8.77. The minimum absolute atomic E-state index is 0.0779. The molecule has 0 saturated heterocycles. The monoisotopic (exact) mass is 257 g/mol. The quantitative estimate of drug-likeness (QED) is 0.535. The lowest BCUT2D eigenvalue weighted by atomic mass is 9.93. The van der Waals surface area contributed by atoms with E-state index < -0.39 is 0 Å². The molecule has 1 aliphatic carbocycles. The molecule has 0 aromatic carbocycles. The summed E-state index contributed by atoms with van der Waals surface area (Å²) in [5.74, 6) is 0. The van der Waals surface area contributed by atoms with Gasteiger partial charge in [-0.2, -0.15) is 0 Å². The van der Waals surface area contributed by atoms with Crippen LogP contribution in [0.25, 0.3) is 0 Å². The van der Waals surface area contributed by atoms with Gasteiger partial charge in [0.1, 0.15) is 0 Å². The van der Waals surface area contributed by atoms with E-state index in [-0.39, 0.29) is 5.60 Å². The zero-order chi connectivity index (χ0) is 13.3. The predicted octanol–water partition coefficient (Wildman–Crippen LogP) is 3.13. The zero-order valence-electron chi connectivity index (χ0n) is 12.5. The molecular formula is C15H31NO2. The summed E-state index contributed by atoms with van der Waals surface area (Å²) in [7, 11) is 1.75. The summed E-state index contributed by atoms with van der Waals surface area (Å²) in [5.41, 5.74) is 0.0779. The van der Waals surface area contributed by atoms with Crippen LogP contribution >= 0.6 is 0 Å². The van der Waals surface area contributed by atoms with Gasteiger partial charge in [0.15, 0.2) is 0 Å². The van der Waals surface area contributed by atoms with Crippen molar-refractivity contribution in [3.8, 4) is 0 Å². The third kappa shape index (κ3) is 6.17. The molecule has 3 heteroatoms. The number of hydrogen-bond acceptors (Lipinski definition) is 3. The van der Waals surface area contributed by atoms with Crippen LogP contribution in [-0.4, -0.2) is 38.5 Å². The van der Waals surface area contributed by atoms with Crippen LogP contribution in [0.5, 0.6) is 0 Å². The Morgan fingerprint density at radius 1 is 1.06 bits per heavy atom.